The summed E-state index contributed by atoms with van der Waals surface area (Å²) >= 11 is 4.83. The van der Waals surface area contributed by atoms with Crippen molar-refractivity contribution in [3.05, 3.63) is 57.8 Å². The standard InChI is InChI=1S/C20H21BrN4O2S/c1-12-9-15(21)10-13(2)19(12)22-18(26)11-28-20-24-23-14(3)25(20)16-5-7-17(27-4)8-6-16/h5-10H,11H2,1-4H3,(H,22,26). The van der Waals surface area contributed by atoms with Crippen molar-refractivity contribution in [2.75, 3.05) is 18.2 Å². The van der Waals surface area contributed by atoms with Crippen LogP contribution in [0.5, 0.6) is 5.75 Å². The van der Waals surface area contributed by atoms with Crippen molar-refractivity contribution < 1.29 is 9.53 Å². The maximum absolute atomic E-state index is 12.5. The van der Waals surface area contributed by atoms with Gasteiger partial charge in [-0.05, 0) is 68.3 Å². The van der Waals surface area contributed by atoms with Crippen LogP contribution in [-0.4, -0.2) is 33.5 Å². The molecule has 1 heterocycles. The molecule has 0 atom stereocenters. The van der Waals surface area contributed by atoms with Gasteiger partial charge in [-0.3, -0.25) is 9.36 Å². The zero-order valence-electron chi connectivity index (χ0n) is 16.1. The molecule has 0 aliphatic carbocycles. The van der Waals surface area contributed by atoms with Crippen LogP contribution < -0.4 is 10.1 Å². The van der Waals surface area contributed by atoms with E-state index in [4.69, 9.17) is 4.74 Å². The minimum atomic E-state index is -0.0829. The van der Waals surface area contributed by atoms with Crippen LogP contribution in [0, 0.1) is 20.8 Å². The number of aryl methyl sites for hydroxylation is 3. The highest BCUT2D eigenvalue weighted by Gasteiger charge is 2.15. The van der Waals surface area contributed by atoms with E-state index in [2.05, 4.69) is 31.4 Å². The summed E-state index contributed by atoms with van der Waals surface area (Å²) in [6.45, 7) is 5.84. The molecule has 0 unspecified atom stereocenters. The summed E-state index contributed by atoms with van der Waals surface area (Å²) in [5.41, 5.74) is 3.80. The Morgan fingerprint density at radius 2 is 1.79 bits per heavy atom. The lowest BCUT2D eigenvalue weighted by atomic mass is 10.1. The van der Waals surface area contributed by atoms with Crippen molar-refractivity contribution in [3.8, 4) is 11.4 Å². The topological polar surface area (TPSA) is 69.0 Å². The fraction of sp³-hybridized carbons (Fsp3) is 0.250. The molecule has 1 N–H and O–H groups in total. The van der Waals surface area contributed by atoms with E-state index < -0.39 is 0 Å². The minimum Gasteiger partial charge on any atom is -0.497 e. The zero-order chi connectivity index (χ0) is 20.3. The average Bonchev–Trinajstić information content (AvgIpc) is 3.03. The van der Waals surface area contributed by atoms with Crippen LogP contribution >= 0.6 is 27.7 Å². The molecular weight excluding hydrogens is 440 g/mol. The summed E-state index contributed by atoms with van der Waals surface area (Å²) in [6.07, 6.45) is 0. The number of hydrogen-bond acceptors (Lipinski definition) is 5. The molecular formula is C20H21BrN4O2S. The molecule has 3 aromatic rings. The fourth-order valence-electron chi connectivity index (χ4n) is 2.88. The number of ether oxygens (including phenoxy) is 1. The van der Waals surface area contributed by atoms with Crippen LogP contribution in [0.25, 0.3) is 5.69 Å². The van der Waals surface area contributed by atoms with Crippen molar-refractivity contribution >= 4 is 39.3 Å². The highest BCUT2D eigenvalue weighted by molar-refractivity contribution is 9.10. The Balaban J connectivity index is 1.72. The Morgan fingerprint density at radius 1 is 1.14 bits per heavy atom. The van der Waals surface area contributed by atoms with Crippen molar-refractivity contribution in [1.29, 1.82) is 0 Å². The number of halogens is 1. The first-order chi connectivity index (χ1) is 13.4. The third-order valence-corrected chi connectivity index (χ3v) is 5.61. The van der Waals surface area contributed by atoms with Gasteiger partial charge in [0.2, 0.25) is 5.91 Å². The van der Waals surface area contributed by atoms with E-state index in [9.17, 15) is 4.79 Å². The number of carbonyl (C=O) groups is 1. The number of rotatable bonds is 6. The van der Waals surface area contributed by atoms with Crippen LogP contribution in [0.2, 0.25) is 0 Å². The van der Waals surface area contributed by atoms with Crippen molar-refractivity contribution in [1.82, 2.24) is 14.8 Å². The first-order valence-electron chi connectivity index (χ1n) is 8.65. The number of nitrogens with zero attached hydrogens (tertiary/aromatic N) is 3. The maximum atomic E-state index is 12.5. The second-order valence-electron chi connectivity index (χ2n) is 6.31. The minimum absolute atomic E-state index is 0.0829. The third kappa shape index (κ3) is 4.56. The second-order valence-corrected chi connectivity index (χ2v) is 8.17. The number of thioether (sulfide) groups is 1. The molecule has 1 aromatic heterocycles. The molecule has 6 nitrogen and oxygen atoms in total. The van der Waals surface area contributed by atoms with Crippen LogP contribution in [0.3, 0.4) is 0 Å². The second kappa shape index (κ2) is 8.79. The molecule has 0 radical (unpaired) electrons. The summed E-state index contributed by atoms with van der Waals surface area (Å²) in [7, 11) is 1.63. The smallest absolute Gasteiger partial charge is 0.234 e. The van der Waals surface area contributed by atoms with Gasteiger partial charge >= 0.3 is 0 Å². The SMILES string of the molecule is COc1ccc(-n2c(C)nnc2SCC(=O)Nc2c(C)cc(Br)cc2C)cc1. The monoisotopic (exact) mass is 460 g/mol. The first-order valence-corrected chi connectivity index (χ1v) is 10.4. The molecule has 0 saturated carbocycles. The summed E-state index contributed by atoms with van der Waals surface area (Å²) < 4.78 is 8.13. The molecule has 146 valence electrons. The van der Waals surface area contributed by atoms with E-state index in [0.717, 1.165) is 38.5 Å². The number of anilines is 1. The molecule has 8 heteroatoms. The number of nitrogens with one attached hydrogen (secondary N) is 1. The van der Waals surface area contributed by atoms with E-state index >= 15 is 0 Å². The zero-order valence-corrected chi connectivity index (χ0v) is 18.5. The molecule has 1 amide bonds. The van der Waals surface area contributed by atoms with Gasteiger partial charge in [-0.15, -0.1) is 10.2 Å². The highest BCUT2D eigenvalue weighted by atomic mass is 79.9. The van der Waals surface area contributed by atoms with Crippen LogP contribution in [-0.2, 0) is 4.79 Å². The number of amides is 1. The fourth-order valence-corrected chi connectivity index (χ4v) is 4.36. The van der Waals surface area contributed by atoms with Gasteiger partial charge in [-0.25, -0.2) is 0 Å². The van der Waals surface area contributed by atoms with Gasteiger partial charge in [0.25, 0.3) is 0 Å². The molecule has 3 rings (SSSR count). The maximum Gasteiger partial charge on any atom is 0.234 e. The van der Waals surface area contributed by atoms with Crippen LogP contribution in [0.4, 0.5) is 5.69 Å². The Morgan fingerprint density at radius 3 is 2.39 bits per heavy atom. The van der Waals surface area contributed by atoms with E-state index in [0.29, 0.717) is 5.16 Å². The summed E-state index contributed by atoms with van der Waals surface area (Å²) in [6, 6.07) is 11.6. The number of carbonyl (C=O) groups excluding carboxylic acids is 1. The Bertz CT molecular complexity index is 979. The van der Waals surface area contributed by atoms with Crippen molar-refractivity contribution in [3.63, 3.8) is 0 Å². The summed E-state index contributed by atoms with van der Waals surface area (Å²) in [4.78, 5) is 12.5. The van der Waals surface area contributed by atoms with Gasteiger partial charge in [-0.2, -0.15) is 0 Å². The Labute approximate surface area is 176 Å². The Hall–Kier alpha value is -2.32. The molecule has 2 aromatic carbocycles. The van der Waals surface area contributed by atoms with E-state index in [1.165, 1.54) is 11.8 Å². The lowest BCUT2D eigenvalue weighted by Gasteiger charge is -2.12. The normalized spacial score (nSPS) is 10.8. The third-order valence-electron chi connectivity index (χ3n) is 4.22. The number of benzene rings is 2. The molecule has 0 fully saturated rings. The average molecular weight is 461 g/mol. The van der Waals surface area contributed by atoms with Gasteiger partial charge < -0.3 is 10.1 Å². The lowest BCUT2D eigenvalue weighted by molar-refractivity contribution is -0.113. The summed E-state index contributed by atoms with van der Waals surface area (Å²) in [5, 5.41) is 12.0. The molecule has 28 heavy (non-hydrogen) atoms. The first kappa shape index (κ1) is 20.4. The summed E-state index contributed by atoms with van der Waals surface area (Å²) in [5.74, 6) is 1.69. The highest BCUT2D eigenvalue weighted by Crippen LogP contribution is 2.27. The van der Waals surface area contributed by atoms with Crippen molar-refractivity contribution in [2.24, 2.45) is 0 Å². The van der Waals surface area contributed by atoms with E-state index in [1.54, 1.807) is 7.11 Å². The number of aromatic nitrogens is 3. The van der Waals surface area contributed by atoms with Crippen molar-refractivity contribution in [2.45, 2.75) is 25.9 Å². The largest absolute Gasteiger partial charge is 0.497 e. The predicted octanol–water partition coefficient (Wildman–Crippen LogP) is 4.69. The molecule has 0 saturated heterocycles. The van der Waals surface area contributed by atoms with Gasteiger partial charge in [0, 0.05) is 15.8 Å². The van der Waals surface area contributed by atoms with E-state index in [1.807, 2.05) is 61.7 Å². The van der Waals surface area contributed by atoms with Gasteiger partial charge in [0.15, 0.2) is 5.16 Å². The molecule has 0 aliphatic heterocycles. The molecule has 0 bridgehead atoms. The predicted molar refractivity (Wildman–Crippen MR) is 116 cm³/mol. The number of methoxy groups -OCH3 is 1. The van der Waals surface area contributed by atoms with E-state index in [-0.39, 0.29) is 11.7 Å². The quantitative estimate of drug-likeness (QED) is 0.540. The van der Waals surface area contributed by atoms with Gasteiger partial charge in [-0.1, -0.05) is 27.7 Å². The van der Waals surface area contributed by atoms with Gasteiger partial charge in [0.1, 0.15) is 11.6 Å². The van der Waals surface area contributed by atoms with Crippen LogP contribution in [0.1, 0.15) is 17.0 Å². The lowest BCUT2D eigenvalue weighted by Crippen LogP contribution is -2.16. The van der Waals surface area contributed by atoms with Gasteiger partial charge in [0.05, 0.1) is 12.9 Å². The molecule has 0 aliphatic rings. The Kier molecular flexibility index (Phi) is 6.41. The van der Waals surface area contributed by atoms with Crippen LogP contribution in [0.15, 0.2) is 46.0 Å². The molecule has 0 spiro atoms. The number of hydrogen-bond donors (Lipinski definition) is 1.